The van der Waals surface area contributed by atoms with E-state index >= 15 is 0 Å². The first kappa shape index (κ1) is 12.7. The number of benzene rings is 1. The molecular formula is C13H13BrN4. The van der Waals surface area contributed by atoms with Crippen LogP contribution >= 0.6 is 15.9 Å². The highest BCUT2D eigenvalue weighted by Gasteiger charge is 2.15. The number of nitrogens with two attached hydrogens (primary N) is 1. The number of hydrogen-bond acceptors (Lipinski definition) is 3. The van der Waals surface area contributed by atoms with Gasteiger partial charge in [-0.05, 0) is 24.6 Å². The normalized spacial score (nSPS) is 10.3. The molecule has 5 heteroatoms. The first-order valence-corrected chi connectivity index (χ1v) is 6.50. The molecule has 2 N–H and O–H groups in total. The fourth-order valence-electron chi connectivity index (χ4n) is 1.82. The summed E-state index contributed by atoms with van der Waals surface area (Å²) in [6.07, 6.45) is 1.69. The molecule has 0 fully saturated rings. The van der Waals surface area contributed by atoms with Gasteiger partial charge in [0.25, 0.3) is 0 Å². The van der Waals surface area contributed by atoms with Crippen LogP contribution in [0.25, 0.3) is 5.69 Å². The maximum atomic E-state index is 9.15. The Hall–Kier alpha value is -1.80. The monoisotopic (exact) mass is 304 g/mol. The van der Waals surface area contributed by atoms with Gasteiger partial charge in [0, 0.05) is 4.47 Å². The smallest absolute Gasteiger partial charge is 0.145 e. The van der Waals surface area contributed by atoms with Gasteiger partial charge in [0.1, 0.15) is 17.5 Å². The summed E-state index contributed by atoms with van der Waals surface area (Å²) in [6, 6.07) is 9.80. The number of aryl methyl sites for hydroxylation is 1. The number of hydrogen-bond donors (Lipinski definition) is 1. The third-order valence-corrected chi connectivity index (χ3v) is 3.14. The molecule has 92 valence electrons. The number of nitriles is 1. The van der Waals surface area contributed by atoms with E-state index in [0.29, 0.717) is 11.4 Å². The van der Waals surface area contributed by atoms with Crippen LogP contribution in [-0.4, -0.2) is 9.78 Å². The van der Waals surface area contributed by atoms with Crippen LogP contribution in [0.5, 0.6) is 0 Å². The van der Waals surface area contributed by atoms with Crippen LogP contribution in [0.3, 0.4) is 0 Å². The van der Waals surface area contributed by atoms with Crippen molar-refractivity contribution in [2.45, 2.75) is 19.8 Å². The molecule has 0 aliphatic carbocycles. The fourth-order valence-corrected chi connectivity index (χ4v) is 2.20. The van der Waals surface area contributed by atoms with Gasteiger partial charge in [0.2, 0.25) is 0 Å². The van der Waals surface area contributed by atoms with E-state index in [1.165, 1.54) is 0 Å². The molecule has 1 aromatic heterocycles. The summed E-state index contributed by atoms with van der Waals surface area (Å²) in [5.74, 6) is 0.402. The van der Waals surface area contributed by atoms with Crippen molar-refractivity contribution < 1.29 is 0 Å². The predicted molar refractivity (Wildman–Crippen MR) is 74.4 cm³/mol. The van der Waals surface area contributed by atoms with Gasteiger partial charge in [-0.15, -0.1) is 0 Å². The average molecular weight is 305 g/mol. The van der Waals surface area contributed by atoms with Crippen LogP contribution in [0.1, 0.15) is 24.6 Å². The summed E-state index contributed by atoms with van der Waals surface area (Å²) in [5.41, 5.74) is 8.08. The number of aromatic nitrogens is 2. The molecule has 0 saturated carbocycles. The first-order chi connectivity index (χ1) is 8.67. The Morgan fingerprint density at radius 2 is 2.28 bits per heavy atom. The van der Waals surface area contributed by atoms with E-state index in [9.17, 15) is 0 Å². The van der Waals surface area contributed by atoms with Gasteiger partial charge in [-0.3, -0.25) is 0 Å². The molecule has 0 spiro atoms. The van der Waals surface area contributed by atoms with Crippen LogP contribution in [0, 0.1) is 11.3 Å². The zero-order valence-corrected chi connectivity index (χ0v) is 11.6. The minimum Gasteiger partial charge on any atom is -0.382 e. The average Bonchev–Trinajstić information content (AvgIpc) is 2.66. The van der Waals surface area contributed by atoms with E-state index in [2.05, 4.69) is 34.0 Å². The second-order valence-electron chi connectivity index (χ2n) is 3.96. The molecule has 0 amide bonds. The lowest BCUT2D eigenvalue weighted by Crippen LogP contribution is -2.02. The Kier molecular flexibility index (Phi) is 3.68. The third-order valence-electron chi connectivity index (χ3n) is 2.64. The van der Waals surface area contributed by atoms with Crippen molar-refractivity contribution in [3.8, 4) is 11.8 Å². The van der Waals surface area contributed by atoms with Crippen LogP contribution < -0.4 is 5.73 Å². The number of halogens is 1. The zero-order chi connectivity index (χ0) is 13.1. The summed E-state index contributed by atoms with van der Waals surface area (Å²) < 4.78 is 2.57. The Bertz CT molecular complexity index is 610. The summed E-state index contributed by atoms with van der Waals surface area (Å²) in [7, 11) is 0. The summed E-state index contributed by atoms with van der Waals surface area (Å²) in [4.78, 5) is 0. The number of anilines is 1. The summed E-state index contributed by atoms with van der Waals surface area (Å²) in [5, 5.41) is 13.6. The minimum atomic E-state index is 0.402. The molecule has 4 nitrogen and oxygen atoms in total. The second-order valence-corrected chi connectivity index (χ2v) is 4.88. The molecule has 0 saturated heterocycles. The number of nitrogens with zero attached hydrogens (tertiary/aromatic N) is 3. The van der Waals surface area contributed by atoms with E-state index in [0.717, 1.165) is 28.7 Å². The molecule has 1 heterocycles. The Morgan fingerprint density at radius 1 is 1.50 bits per heavy atom. The van der Waals surface area contributed by atoms with Crippen LogP contribution in [-0.2, 0) is 6.42 Å². The van der Waals surface area contributed by atoms with E-state index in [1.807, 2.05) is 24.3 Å². The Balaban J connectivity index is 2.56. The topological polar surface area (TPSA) is 67.6 Å². The number of rotatable bonds is 3. The molecule has 2 aromatic rings. The van der Waals surface area contributed by atoms with Gasteiger partial charge in [0.05, 0.1) is 11.4 Å². The van der Waals surface area contributed by atoms with Gasteiger partial charge >= 0.3 is 0 Å². The van der Waals surface area contributed by atoms with Crippen LogP contribution in [0.4, 0.5) is 5.82 Å². The summed E-state index contributed by atoms with van der Waals surface area (Å²) in [6.45, 7) is 2.05. The quantitative estimate of drug-likeness (QED) is 0.947. The Morgan fingerprint density at radius 3 is 2.89 bits per heavy atom. The van der Waals surface area contributed by atoms with Crippen molar-refractivity contribution in [1.82, 2.24) is 9.78 Å². The standard InChI is InChI=1S/C13H13BrN4/c1-2-4-12-11(8-15)13(16)18(17-12)10-6-3-5-9(14)7-10/h3,5-7H,2,4,16H2,1H3. The van der Waals surface area contributed by atoms with Crippen molar-refractivity contribution in [3.05, 3.63) is 40.0 Å². The van der Waals surface area contributed by atoms with E-state index in [-0.39, 0.29) is 0 Å². The highest BCUT2D eigenvalue weighted by Crippen LogP contribution is 2.23. The van der Waals surface area contributed by atoms with Crippen LogP contribution in [0.15, 0.2) is 28.7 Å². The minimum absolute atomic E-state index is 0.402. The molecular weight excluding hydrogens is 292 g/mol. The van der Waals surface area contributed by atoms with Crippen molar-refractivity contribution >= 4 is 21.7 Å². The van der Waals surface area contributed by atoms with Crippen molar-refractivity contribution in [3.63, 3.8) is 0 Å². The van der Waals surface area contributed by atoms with Gasteiger partial charge in [-0.1, -0.05) is 35.3 Å². The van der Waals surface area contributed by atoms with E-state index in [4.69, 9.17) is 11.0 Å². The molecule has 0 radical (unpaired) electrons. The van der Waals surface area contributed by atoms with E-state index < -0.39 is 0 Å². The van der Waals surface area contributed by atoms with Gasteiger partial charge in [-0.25, -0.2) is 4.68 Å². The molecule has 2 rings (SSSR count). The van der Waals surface area contributed by atoms with Crippen LogP contribution in [0.2, 0.25) is 0 Å². The van der Waals surface area contributed by atoms with Crippen molar-refractivity contribution in [1.29, 1.82) is 5.26 Å². The highest BCUT2D eigenvalue weighted by molar-refractivity contribution is 9.10. The molecule has 18 heavy (non-hydrogen) atoms. The third kappa shape index (κ3) is 2.24. The van der Waals surface area contributed by atoms with Gasteiger partial charge in [-0.2, -0.15) is 10.4 Å². The van der Waals surface area contributed by atoms with Gasteiger partial charge in [0.15, 0.2) is 0 Å². The maximum Gasteiger partial charge on any atom is 0.145 e. The zero-order valence-electron chi connectivity index (χ0n) is 10.0. The van der Waals surface area contributed by atoms with Crippen molar-refractivity contribution in [2.24, 2.45) is 0 Å². The Labute approximate surface area is 114 Å². The highest BCUT2D eigenvalue weighted by atomic mass is 79.9. The SMILES string of the molecule is CCCc1nn(-c2cccc(Br)c2)c(N)c1C#N. The van der Waals surface area contributed by atoms with E-state index in [1.54, 1.807) is 4.68 Å². The second kappa shape index (κ2) is 5.23. The largest absolute Gasteiger partial charge is 0.382 e. The molecule has 0 aliphatic rings. The molecule has 0 aliphatic heterocycles. The van der Waals surface area contributed by atoms with Crippen molar-refractivity contribution in [2.75, 3.05) is 5.73 Å². The molecule has 1 aromatic carbocycles. The number of nitrogen functional groups attached to an aromatic ring is 1. The lowest BCUT2D eigenvalue weighted by atomic mass is 10.2. The lowest BCUT2D eigenvalue weighted by Gasteiger charge is -2.03. The molecule has 0 unspecified atom stereocenters. The molecule has 0 atom stereocenters. The fraction of sp³-hybridized carbons (Fsp3) is 0.231. The van der Waals surface area contributed by atoms with Gasteiger partial charge < -0.3 is 5.73 Å². The maximum absolute atomic E-state index is 9.15. The summed E-state index contributed by atoms with van der Waals surface area (Å²) >= 11 is 3.41. The molecule has 0 bridgehead atoms. The predicted octanol–water partition coefficient (Wildman–Crippen LogP) is 3.04. The first-order valence-electron chi connectivity index (χ1n) is 5.70. The lowest BCUT2D eigenvalue weighted by molar-refractivity contribution is 0.810.